The van der Waals surface area contributed by atoms with Gasteiger partial charge in [-0.15, -0.1) is 0 Å². The highest BCUT2D eigenvalue weighted by molar-refractivity contribution is 7.92. The largest absolute Gasteiger partial charge is 0.372 e. The van der Waals surface area contributed by atoms with E-state index in [0.717, 1.165) is 24.5 Å². The molecule has 0 spiro atoms. The number of hydrogen-bond acceptors (Lipinski definition) is 6. The number of pyridine rings is 1. The maximum absolute atomic E-state index is 12.7. The minimum absolute atomic E-state index is 0.145. The van der Waals surface area contributed by atoms with Gasteiger partial charge in [-0.25, -0.2) is 13.4 Å². The van der Waals surface area contributed by atoms with E-state index in [1.807, 2.05) is 32.9 Å². The number of carbonyl (C=O) groups is 1. The second-order valence-electron chi connectivity index (χ2n) is 8.48. The Morgan fingerprint density at radius 1 is 1.13 bits per heavy atom. The minimum Gasteiger partial charge on any atom is -0.372 e. The van der Waals surface area contributed by atoms with Crippen molar-refractivity contribution >= 4 is 33.1 Å². The van der Waals surface area contributed by atoms with Crippen molar-refractivity contribution in [2.24, 2.45) is 0 Å². The van der Waals surface area contributed by atoms with Crippen molar-refractivity contribution in [2.75, 3.05) is 33.9 Å². The van der Waals surface area contributed by atoms with Crippen molar-refractivity contribution < 1.29 is 17.9 Å². The number of morpholine rings is 1. The molecule has 1 aromatic heterocycles. The molecule has 9 heteroatoms. The number of anilines is 3. The van der Waals surface area contributed by atoms with Crippen LogP contribution in [0.4, 0.5) is 17.2 Å². The number of sulfonamides is 1. The van der Waals surface area contributed by atoms with Gasteiger partial charge in [-0.05, 0) is 63.1 Å². The van der Waals surface area contributed by atoms with Gasteiger partial charge in [0.1, 0.15) is 5.82 Å². The number of carbonyl (C=O) groups excluding carboxylic acids is 1. The Morgan fingerprint density at radius 2 is 1.84 bits per heavy atom. The summed E-state index contributed by atoms with van der Waals surface area (Å²) in [4.78, 5) is 19.4. The molecule has 1 fully saturated rings. The highest BCUT2D eigenvalue weighted by atomic mass is 32.2. The average Bonchev–Trinajstić information content (AvgIpc) is 3.02. The van der Waals surface area contributed by atoms with Gasteiger partial charge in [-0.2, -0.15) is 0 Å². The van der Waals surface area contributed by atoms with Crippen LogP contribution in [0.3, 0.4) is 0 Å². The van der Waals surface area contributed by atoms with E-state index in [-0.39, 0.29) is 24.2 Å². The summed E-state index contributed by atoms with van der Waals surface area (Å²) in [6, 6.07) is 8.70. The summed E-state index contributed by atoms with van der Waals surface area (Å²) in [5.41, 5.74) is 2.59. The van der Waals surface area contributed by atoms with Gasteiger partial charge in [0, 0.05) is 24.7 Å². The van der Waals surface area contributed by atoms with E-state index in [0.29, 0.717) is 23.4 Å². The number of benzene rings is 1. The maximum atomic E-state index is 12.7. The Hall–Kier alpha value is -2.65. The zero-order valence-corrected chi connectivity index (χ0v) is 19.0. The fourth-order valence-corrected chi connectivity index (χ4v) is 5.73. The number of fused-ring (bicyclic) bond motifs is 1. The third-order valence-corrected chi connectivity index (χ3v) is 6.87. The van der Waals surface area contributed by atoms with E-state index in [1.54, 1.807) is 24.4 Å². The fourth-order valence-electron chi connectivity index (χ4n) is 4.46. The molecule has 2 aliphatic rings. The third-order valence-electron chi connectivity index (χ3n) is 5.60. The normalized spacial score (nSPS) is 23.5. The molecule has 3 atom stereocenters. The summed E-state index contributed by atoms with van der Waals surface area (Å²) in [5, 5.41) is 2.87. The third kappa shape index (κ3) is 4.52. The van der Waals surface area contributed by atoms with Crippen LogP contribution >= 0.6 is 0 Å². The quantitative estimate of drug-likeness (QED) is 0.780. The van der Waals surface area contributed by atoms with Crippen LogP contribution in [-0.4, -0.2) is 56.9 Å². The molecule has 0 radical (unpaired) electrons. The lowest BCUT2D eigenvalue weighted by atomic mass is 10.1. The van der Waals surface area contributed by atoms with Crippen LogP contribution in [0.5, 0.6) is 0 Å². The predicted octanol–water partition coefficient (Wildman–Crippen LogP) is 2.66. The molecule has 8 nitrogen and oxygen atoms in total. The molecule has 1 amide bonds. The number of rotatable bonds is 4. The van der Waals surface area contributed by atoms with Crippen LogP contribution < -0.4 is 14.5 Å². The van der Waals surface area contributed by atoms with Gasteiger partial charge in [0.05, 0.1) is 36.0 Å². The molecule has 2 aromatic rings. The summed E-state index contributed by atoms with van der Waals surface area (Å²) < 4.78 is 31.3. The molecule has 4 rings (SSSR count). The van der Waals surface area contributed by atoms with E-state index in [1.165, 1.54) is 10.6 Å². The SMILES string of the molecule is CC1CN(c2ccc(NC(=O)c3ccc4c(c3)CC(C)N4S(C)(=O)=O)cn2)CC(C)O1. The lowest BCUT2D eigenvalue weighted by molar-refractivity contribution is -0.00545. The van der Waals surface area contributed by atoms with Crippen LogP contribution in [0.15, 0.2) is 36.5 Å². The monoisotopic (exact) mass is 444 g/mol. The molecule has 1 saturated heterocycles. The van der Waals surface area contributed by atoms with Gasteiger partial charge in [-0.3, -0.25) is 9.10 Å². The molecule has 0 aliphatic carbocycles. The number of nitrogens with one attached hydrogen (secondary N) is 1. The molecule has 1 aromatic carbocycles. The molecular weight excluding hydrogens is 416 g/mol. The van der Waals surface area contributed by atoms with Crippen LogP contribution in [0, 0.1) is 0 Å². The second-order valence-corrected chi connectivity index (χ2v) is 10.3. The summed E-state index contributed by atoms with van der Waals surface area (Å²) in [5.74, 6) is 0.601. The average molecular weight is 445 g/mol. The van der Waals surface area contributed by atoms with Crippen LogP contribution in [0.1, 0.15) is 36.7 Å². The van der Waals surface area contributed by atoms with Gasteiger partial charge < -0.3 is 15.0 Å². The summed E-state index contributed by atoms with van der Waals surface area (Å²) in [7, 11) is -3.35. The Labute approximate surface area is 183 Å². The smallest absolute Gasteiger partial charge is 0.255 e. The second kappa shape index (κ2) is 8.12. The summed E-state index contributed by atoms with van der Waals surface area (Å²) in [6.07, 6.45) is 3.72. The number of amides is 1. The minimum atomic E-state index is -3.35. The van der Waals surface area contributed by atoms with Crippen molar-refractivity contribution in [3.05, 3.63) is 47.7 Å². The molecule has 0 bridgehead atoms. The molecule has 1 N–H and O–H groups in total. The first-order valence-electron chi connectivity index (χ1n) is 10.4. The van der Waals surface area contributed by atoms with E-state index in [2.05, 4.69) is 15.2 Å². The standard InChI is InChI=1S/C22H28N4O4S/c1-14-9-18-10-17(5-7-20(18)26(14)31(4,28)29)22(27)24-19-6-8-21(23-11-19)25-12-15(2)30-16(3)13-25/h5-8,10-11,14-16H,9,12-13H2,1-4H3,(H,24,27). The number of ether oxygens (including phenoxy) is 1. The van der Waals surface area contributed by atoms with E-state index >= 15 is 0 Å². The van der Waals surface area contributed by atoms with Gasteiger partial charge >= 0.3 is 0 Å². The lowest BCUT2D eigenvalue weighted by Gasteiger charge is -2.36. The van der Waals surface area contributed by atoms with Crippen molar-refractivity contribution in [3.63, 3.8) is 0 Å². The van der Waals surface area contributed by atoms with Gasteiger partial charge in [0.2, 0.25) is 10.0 Å². The van der Waals surface area contributed by atoms with Crippen molar-refractivity contribution in [2.45, 2.75) is 45.4 Å². The highest BCUT2D eigenvalue weighted by Gasteiger charge is 2.32. The maximum Gasteiger partial charge on any atom is 0.255 e. The molecule has 31 heavy (non-hydrogen) atoms. The molecular formula is C22H28N4O4S. The molecule has 166 valence electrons. The zero-order chi connectivity index (χ0) is 22.3. The Kier molecular flexibility index (Phi) is 5.65. The Bertz CT molecular complexity index is 1080. The fraction of sp³-hybridized carbons (Fsp3) is 0.455. The van der Waals surface area contributed by atoms with Crippen molar-refractivity contribution in [3.8, 4) is 0 Å². The molecule has 2 aliphatic heterocycles. The first-order chi connectivity index (χ1) is 14.6. The van der Waals surface area contributed by atoms with Gasteiger partial charge in [0.15, 0.2) is 0 Å². The molecule has 0 saturated carbocycles. The first-order valence-corrected chi connectivity index (χ1v) is 12.3. The number of aromatic nitrogens is 1. The van der Waals surface area contributed by atoms with Gasteiger partial charge in [0.25, 0.3) is 5.91 Å². The van der Waals surface area contributed by atoms with E-state index in [4.69, 9.17) is 4.74 Å². The Balaban J connectivity index is 1.46. The first kappa shape index (κ1) is 21.6. The van der Waals surface area contributed by atoms with Gasteiger partial charge in [-0.1, -0.05) is 0 Å². The van der Waals surface area contributed by atoms with E-state index < -0.39 is 10.0 Å². The van der Waals surface area contributed by atoms with Crippen LogP contribution in [-0.2, 0) is 21.2 Å². The molecule has 3 heterocycles. The van der Waals surface area contributed by atoms with E-state index in [9.17, 15) is 13.2 Å². The number of nitrogens with zero attached hydrogens (tertiary/aromatic N) is 3. The zero-order valence-electron chi connectivity index (χ0n) is 18.2. The Morgan fingerprint density at radius 3 is 2.45 bits per heavy atom. The summed E-state index contributed by atoms with van der Waals surface area (Å²) in [6.45, 7) is 7.51. The summed E-state index contributed by atoms with van der Waals surface area (Å²) >= 11 is 0. The topological polar surface area (TPSA) is 91.8 Å². The number of hydrogen-bond donors (Lipinski definition) is 1. The molecule has 3 unspecified atom stereocenters. The van der Waals surface area contributed by atoms with Crippen LogP contribution in [0.2, 0.25) is 0 Å². The highest BCUT2D eigenvalue weighted by Crippen LogP contribution is 2.34. The van der Waals surface area contributed by atoms with Crippen LogP contribution in [0.25, 0.3) is 0 Å². The lowest BCUT2D eigenvalue weighted by Crippen LogP contribution is -2.45. The van der Waals surface area contributed by atoms with Crippen molar-refractivity contribution in [1.29, 1.82) is 0 Å². The predicted molar refractivity (Wildman–Crippen MR) is 121 cm³/mol. The van der Waals surface area contributed by atoms with Crippen molar-refractivity contribution in [1.82, 2.24) is 4.98 Å².